The van der Waals surface area contributed by atoms with Crippen LogP contribution < -0.4 is 4.90 Å². The number of imidazole rings is 1. The molecule has 0 aliphatic heterocycles. The molecule has 2 aromatic heterocycles. The predicted molar refractivity (Wildman–Crippen MR) is 78.7 cm³/mol. The van der Waals surface area contributed by atoms with Crippen LogP contribution in [0.15, 0.2) is 12.1 Å². The van der Waals surface area contributed by atoms with Gasteiger partial charge in [-0.3, -0.25) is 0 Å². The summed E-state index contributed by atoms with van der Waals surface area (Å²) in [6, 6.07) is 4.12. The Morgan fingerprint density at radius 1 is 1.11 bits per heavy atom. The Balaban J connectivity index is 2.01. The summed E-state index contributed by atoms with van der Waals surface area (Å²) < 4.78 is 0. The Bertz CT molecular complexity index is 579. The van der Waals surface area contributed by atoms with Crippen LogP contribution in [-0.4, -0.2) is 29.0 Å². The third-order valence-corrected chi connectivity index (χ3v) is 4.32. The van der Waals surface area contributed by atoms with Crippen LogP contribution in [-0.2, 0) is 5.41 Å². The summed E-state index contributed by atoms with van der Waals surface area (Å²) in [5.74, 6) is 2.07. The maximum Gasteiger partial charge on any atom is 0.179 e. The quantitative estimate of drug-likeness (QED) is 0.899. The van der Waals surface area contributed by atoms with E-state index in [2.05, 4.69) is 23.0 Å². The van der Waals surface area contributed by atoms with E-state index < -0.39 is 0 Å². The molecule has 102 valence electrons. The zero-order chi connectivity index (χ0) is 13.5. The summed E-state index contributed by atoms with van der Waals surface area (Å²) in [6.45, 7) is 2.33. The Kier molecular flexibility index (Phi) is 2.96. The standard InChI is InChI=1S/C15H22N4/c1-15(9-5-4-6-10-15)14-16-11-7-8-12(19(2)3)17-13(11)18-14/h7-8H,4-6,9-10H2,1-3H3,(H,16,17,18). The highest BCUT2D eigenvalue weighted by Gasteiger charge is 2.31. The Morgan fingerprint density at radius 2 is 1.84 bits per heavy atom. The maximum absolute atomic E-state index is 4.76. The van der Waals surface area contributed by atoms with Gasteiger partial charge >= 0.3 is 0 Å². The van der Waals surface area contributed by atoms with Crippen LogP contribution >= 0.6 is 0 Å². The first-order valence-corrected chi connectivity index (χ1v) is 7.13. The highest BCUT2D eigenvalue weighted by atomic mass is 15.2. The monoisotopic (exact) mass is 258 g/mol. The number of pyridine rings is 1. The summed E-state index contributed by atoms with van der Waals surface area (Å²) in [7, 11) is 4.01. The van der Waals surface area contributed by atoms with E-state index in [-0.39, 0.29) is 5.41 Å². The van der Waals surface area contributed by atoms with Gasteiger partial charge in [-0.05, 0) is 25.0 Å². The van der Waals surface area contributed by atoms with Crippen LogP contribution in [0.2, 0.25) is 0 Å². The summed E-state index contributed by atoms with van der Waals surface area (Å²) in [5, 5.41) is 0. The molecule has 1 N–H and O–H groups in total. The van der Waals surface area contributed by atoms with Gasteiger partial charge in [0, 0.05) is 19.5 Å². The first-order valence-electron chi connectivity index (χ1n) is 7.13. The summed E-state index contributed by atoms with van der Waals surface area (Å²) in [5.41, 5.74) is 2.09. The largest absolute Gasteiger partial charge is 0.363 e. The number of fused-ring (bicyclic) bond motifs is 1. The topological polar surface area (TPSA) is 44.8 Å². The number of H-pyrrole nitrogens is 1. The minimum absolute atomic E-state index is 0.206. The van der Waals surface area contributed by atoms with Gasteiger partial charge in [-0.2, -0.15) is 0 Å². The first-order chi connectivity index (χ1) is 9.08. The van der Waals surface area contributed by atoms with E-state index in [4.69, 9.17) is 4.98 Å². The van der Waals surface area contributed by atoms with Crippen LogP contribution in [0.25, 0.3) is 11.2 Å². The molecule has 0 spiro atoms. The molecular formula is C15H22N4. The zero-order valence-electron chi connectivity index (χ0n) is 12.0. The molecule has 0 bridgehead atoms. The van der Waals surface area contributed by atoms with Crippen LogP contribution in [0.3, 0.4) is 0 Å². The fraction of sp³-hybridized carbons (Fsp3) is 0.600. The molecule has 4 nitrogen and oxygen atoms in total. The van der Waals surface area contributed by atoms with Crippen molar-refractivity contribution in [3.63, 3.8) is 0 Å². The molecule has 2 aromatic rings. The molecule has 3 rings (SSSR count). The van der Waals surface area contributed by atoms with Crippen LogP contribution in [0.4, 0.5) is 5.82 Å². The van der Waals surface area contributed by atoms with Crippen molar-refractivity contribution in [1.29, 1.82) is 0 Å². The van der Waals surface area contributed by atoms with E-state index in [1.165, 1.54) is 32.1 Å². The molecule has 0 aromatic carbocycles. The zero-order valence-corrected chi connectivity index (χ0v) is 12.0. The second kappa shape index (κ2) is 4.51. The number of rotatable bonds is 2. The average Bonchev–Trinajstić information content (AvgIpc) is 2.83. The van der Waals surface area contributed by atoms with E-state index in [1.54, 1.807) is 0 Å². The Labute approximate surface area is 114 Å². The summed E-state index contributed by atoms with van der Waals surface area (Å²) >= 11 is 0. The molecule has 4 heteroatoms. The number of aromatic nitrogens is 3. The molecule has 1 aliphatic rings. The third kappa shape index (κ3) is 2.20. The van der Waals surface area contributed by atoms with Gasteiger partial charge in [0.05, 0.1) is 5.52 Å². The van der Waals surface area contributed by atoms with Gasteiger partial charge in [-0.25, -0.2) is 9.97 Å². The van der Waals surface area contributed by atoms with Gasteiger partial charge in [0.15, 0.2) is 5.65 Å². The molecule has 2 heterocycles. The van der Waals surface area contributed by atoms with Crippen molar-refractivity contribution in [1.82, 2.24) is 15.0 Å². The molecule has 0 amide bonds. The first kappa shape index (κ1) is 12.5. The maximum atomic E-state index is 4.76. The molecule has 1 aliphatic carbocycles. The highest BCUT2D eigenvalue weighted by Crippen LogP contribution is 2.38. The highest BCUT2D eigenvalue weighted by molar-refractivity contribution is 5.73. The van der Waals surface area contributed by atoms with E-state index >= 15 is 0 Å². The van der Waals surface area contributed by atoms with Crippen LogP contribution in [0.1, 0.15) is 44.9 Å². The molecule has 1 saturated carbocycles. The molecular weight excluding hydrogens is 236 g/mol. The van der Waals surface area contributed by atoms with Gasteiger partial charge in [0.2, 0.25) is 0 Å². The normalized spacial score (nSPS) is 18.7. The third-order valence-electron chi connectivity index (χ3n) is 4.32. The van der Waals surface area contributed by atoms with Gasteiger partial charge in [-0.15, -0.1) is 0 Å². The minimum Gasteiger partial charge on any atom is -0.363 e. The number of aromatic amines is 1. The van der Waals surface area contributed by atoms with Crippen LogP contribution in [0, 0.1) is 0 Å². The lowest BCUT2D eigenvalue weighted by molar-refractivity contribution is 0.306. The van der Waals surface area contributed by atoms with E-state index in [1.807, 2.05) is 25.1 Å². The molecule has 0 saturated heterocycles. The minimum atomic E-state index is 0.206. The predicted octanol–water partition coefficient (Wildman–Crippen LogP) is 3.25. The molecule has 0 unspecified atom stereocenters. The lowest BCUT2D eigenvalue weighted by atomic mass is 9.75. The van der Waals surface area contributed by atoms with Gasteiger partial charge in [-0.1, -0.05) is 26.2 Å². The number of nitrogens with one attached hydrogen (secondary N) is 1. The average molecular weight is 258 g/mol. The van der Waals surface area contributed by atoms with Gasteiger partial charge in [0.25, 0.3) is 0 Å². The lowest BCUT2D eigenvalue weighted by Crippen LogP contribution is -2.26. The second-order valence-corrected chi connectivity index (χ2v) is 6.14. The number of hydrogen-bond donors (Lipinski definition) is 1. The van der Waals surface area contributed by atoms with E-state index in [9.17, 15) is 0 Å². The van der Waals surface area contributed by atoms with Crippen molar-refractivity contribution in [3.05, 3.63) is 18.0 Å². The summed E-state index contributed by atoms with van der Waals surface area (Å²) in [4.78, 5) is 14.9. The van der Waals surface area contributed by atoms with E-state index in [0.29, 0.717) is 0 Å². The van der Waals surface area contributed by atoms with Crippen molar-refractivity contribution in [2.75, 3.05) is 19.0 Å². The molecule has 1 fully saturated rings. The SMILES string of the molecule is CN(C)c1ccc2[nH]c(C3(C)CCCCC3)nc2n1. The fourth-order valence-corrected chi connectivity index (χ4v) is 2.99. The molecule has 19 heavy (non-hydrogen) atoms. The van der Waals surface area contributed by atoms with Gasteiger partial charge < -0.3 is 9.88 Å². The summed E-state index contributed by atoms with van der Waals surface area (Å²) in [6.07, 6.45) is 6.44. The number of anilines is 1. The smallest absolute Gasteiger partial charge is 0.179 e. The van der Waals surface area contributed by atoms with Gasteiger partial charge in [0.1, 0.15) is 11.6 Å². The number of nitrogens with zero attached hydrogens (tertiary/aromatic N) is 3. The number of hydrogen-bond acceptors (Lipinski definition) is 3. The van der Waals surface area contributed by atoms with Crippen molar-refractivity contribution < 1.29 is 0 Å². The second-order valence-electron chi connectivity index (χ2n) is 6.14. The molecule has 0 radical (unpaired) electrons. The van der Waals surface area contributed by atoms with Crippen molar-refractivity contribution in [3.8, 4) is 0 Å². The fourth-order valence-electron chi connectivity index (χ4n) is 2.99. The van der Waals surface area contributed by atoms with Crippen LogP contribution in [0.5, 0.6) is 0 Å². The van der Waals surface area contributed by atoms with Crippen molar-refractivity contribution in [2.24, 2.45) is 0 Å². The molecule has 0 atom stereocenters. The van der Waals surface area contributed by atoms with Crippen molar-refractivity contribution >= 4 is 17.0 Å². The van der Waals surface area contributed by atoms with E-state index in [0.717, 1.165) is 22.8 Å². The Morgan fingerprint density at radius 3 is 2.53 bits per heavy atom. The Hall–Kier alpha value is -1.58. The lowest BCUT2D eigenvalue weighted by Gasteiger charge is -2.31. The van der Waals surface area contributed by atoms with Crippen molar-refractivity contribution in [2.45, 2.75) is 44.4 Å².